The fourth-order valence-electron chi connectivity index (χ4n) is 2.12. The molecule has 0 saturated heterocycles. The van der Waals surface area contributed by atoms with Crippen molar-refractivity contribution in [1.82, 2.24) is 4.98 Å². The smallest absolute Gasteiger partial charge is 0.258 e. The molecule has 0 spiro atoms. The predicted molar refractivity (Wildman–Crippen MR) is 88.8 cm³/mol. The quantitative estimate of drug-likeness (QED) is 0.507. The van der Waals surface area contributed by atoms with Crippen LogP contribution >= 0.6 is 11.6 Å². The van der Waals surface area contributed by atoms with Crippen molar-refractivity contribution in [3.63, 3.8) is 0 Å². The molecule has 0 saturated carbocycles. The summed E-state index contributed by atoms with van der Waals surface area (Å²) >= 11 is 6.07. The SMILES string of the molecule is O=[N+]([O-])c1ccc(Cl)c(/C=C\c2ccc3ccccc3n2)c1. The first kappa shape index (κ1) is 14.2. The number of hydrogen-bond acceptors (Lipinski definition) is 3. The number of non-ortho nitro benzene ring substituents is 1. The number of nitro benzene ring substituents is 1. The van der Waals surface area contributed by atoms with Crippen LogP contribution in [0.5, 0.6) is 0 Å². The van der Waals surface area contributed by atoms with E-state index in [4.69, 9.17) is 11.6 Å². The van der Waals surface area contributed by atoms with Crippen LogP contribution in [-0.2, 0) is 0 Å². The van der Waals surface area contributed by atoms with Crippen molar-refractivity contribution in [2.75, 3.05) is 0 Å². The highest BCUT2D eigenvalue weighted by Crippen LogP contribution is 2.24. The molecule has 0 unspecified atom stereocenters. The molecule has 4 nitrogen and oxygen atoms in total. The molecule has 0 bridgehead atoms. The summed E-state index contributed by atoms with van der Waals surface area (Å²) in [7, 11) is 0. The minimum Gasteiger partial charge on any atom is -0.258 e. The van der Waals surface area contributed by atoms with Crippen molar-refractivity contribution in [2.45, 2.75) is 0 Å². The molecule has 3 aromatic rings. The third-order valence-electron chi connectivity index (χ3n) is 3.24. The molecule has 5 heteroatoms. The average Bonchev–Trinajstić information content (AvgIpc) is 2.53. The molecule has 0 aliphatic carbocycles. The van der Waals surface area contributed by atoms with Crippen molar-refractivity contribution in [3.8, 4) is 0 Å². The molecule has 108 valence electrons. The lowest BCUT2D eigenvalue weighted by atomic mass is 10.1. The first-order valence-corrected chi connectivity index (χ1v) is 6.99. The van der Waals surface area contributed by atoms with Crippen LogP contribution < -0.4 is 0 Å². The van der Waals surface area contributed by atoms with Crippen LogP contribution in [0.2, 0.25) is 5.02 Å². The molecule has 0 aliphatic rings. The molecule has 22 heavy (non-hydrogen) atoms. The summed E-state index contributed by atoms with van der Waals surface area (Å²) < 4.78 is 0. The van der Waals surface area contributed by atoms with E-state index in [-0.39, 0.29) is 5.69 Å². The van der Waals surface area contributed by atoms with Gasteiger partial charge in [-0.15, -0.1) is 0 Å². The van der Waals surface area contributed by atoms with E-state index in [0.29, 0.717) is 10.6 Å². The van der Waals surface area contributed by atoms with E-state index in [9.17, 15) is 10.1 Å². The van der Waals surface area contributed by atoms with E-state index in [1.54, 1.807) is 12.2 Å². The average molecular weight is 311 g/mol. The van der Waals surface area contributed by atoms with Gasteiger partial charge in [0.25, 0.3) is 5.69 Å². The van der Waals surface area contributed by atoms with Gasteiger partial charge in [0, 0.05) is 22.5 Å². The summed E-state index contributed by atoms with van der Waals surface area (Å²) in [5, 5.41) is 12.3. The fourth-order valence-corrected chi connectivity index (χ4v) is 2.30. The van der Waals surface area contributed by atoms with Gasteiger partial charge in [0.1, 0.15) is 0 Å². The highest BCUT2D eigenvalue weighted by molar-refractivity contribution is 6.32. The minimum atomic E-state index is -0.443. The van der Waals surface area contributed by atoms with Gasteiger partial charge in [0.05, 0.1) is 16.1 Å². The van der Waals surface area contributed by atoms with E-state index in [2.05, 4.69) is 4.98 Å². The summed E-state index contributed by atoms with van der Waals surface area (Å²) in [6.45, 7) is 0. The summed E-state index contributed by atoms with van der Waals surface area (Å²) in [4.78, 5) is 14.9. The monoisotopic (exact) mass is 310 g/mol. The van der Waals surface area contributed by atoms with E-state index >= 15 is 0 Å². The second kappa shape index (κ2) is 5.95. The Morgan fingerprint density at radius 1 is 1.05 bits per heavy atom. The van der Waals surface area contributed by atoms with Gasteiger partial charge >= 0.3 is 0 Å². The number of rotatable bonds is 3. The maximum absolute atomic E-state index is 10.8. The Morgan fingerprint density at radius 2 is 1.86 bits per heavy atom. The Labute approximate surface area is 131 Å². The Kier molecular flexibility index (Phi) is 3.85. The number of hydrogen-bond donors (Lipinski definition) is 0. The van der Waals surface area contributed by atoms with Crippen molar-refractivity contribution in [2.24, 2.45) is 0 Å². The van der Waals surface area contributed by atoms with Crippen molar-refractivity contribution in [3.05, 3.63) is 81.0 Å². The maximum atomic E-state index is 10.8. The first-order valence-electron chi connectivity index (χ1n) is 6.61. The van der Waals surface area contributed by atoms with Gasteiger partial charge in [-0.2, -0.15) is 0 Å². The Balaban J connectivity index is 1.95. The van der Waals surface area contributed by atoms with Gasteiger partial charge < -0.3 is 0 Å². The van der Waals surface area contributed by atoms with Crippen LogP contribution in [-0.4, -0.2) is 9.91 Å². The number of nitrogens with zero attached hydrogens (tertiary/aromatic N) is 2. The van der Waals surface area contributed by atoms with Crippen molar-refractivity contribution in [1.29, 1.82) is 0 Å². The van der Waals surface area contributed by atoms with Crippen LogP contribution in [0.15, 0.2) is 54.6 Å². The largest absolute Gasteiger partial charge is 0.270 e. The summed E-state index contributed by atoms with van der Waals surface area (Å²) in [6, 6.07) is 16.0. The number of benzene rings is 2. The Morgan fingerprint density at radius 3 is 2.68 bits per heavy atom. The van der Waals surface area contributed by atoms with Gasteiger partial charge in [-0.25, -0.2) is 4.98 Å². The molecular weight excluding hydrogens is 300 g/mol. The lowest BCUT2D eigenvalue weighted by Crippen LogP contribution is -1.88. The number of halogens is 1. The van der Waals surface area contributed by atoms with E-state index in [1.165, 1.54) is 18.2 Å². The van der Waals surface area contributed by atoms with Crippen LogP contribution in [0, 0.1) is 10.1 Å². The highest BCUT2D eigenvalue weighted by atomic mass is 35.5. The normalized spacial score (nSPS) is 11.1. The zero-order valence-electron chi connectivity index (χ0n) is 11.4. The molecule has 0 amide bonds. The molecule has 0 aliphatic heterocycles. The van der Waals surface area contributed by atoms with Crippen molar-refractivity contribution < 1.29 is 4.92 Å². The van der Waals surface area contributed by atoms with E-state index in [0.717, 1.165) is 16.6 Å². The van der Waals surface area contributed by atoms with Gasteiger partial charge in [-0.1, -0.05) is 41.9 Å². The van der Waals surface area contributed by atoms with Gasteiger partial charge in [0.2, 0.25) is 0 Å². The lowest BCUT2D eigenvalue weighted by Gasteiger charge is -2.00. The molecule has 0 radical (unpaired) electrons. The number of pyridine rings is 1. The molecule has 1 heterocycles. The van der Waals surface area contributed by atoms with Gasteiger partial charge in [0.15, 0.2) is 0 Å². The van der Waals surface area contributed by atoms with Crippen LogP contribution in [0.25, 0.3) is 23.1 Å². The molecule has 2 aromatic carbocycles. The lowest BCUT2D eigenvalue weighted by molar-refractivity contribution is -0.384. The van der Waals surface area contributed by atoms with Crippen LogP contribution in [0.3, 0.4) is 0 Å². The Bertz CT molecular complexity index is 891. The number of nitro groups is 1. The van der Waals surface area contributed by atoms with Crippen molar-refractivity contribution >= 4 is 40.3 Å². The summed E-state index contributed by atoms with van der Waals surface area (Å²) in [5.74, 6) is 0. The predicted octanol–water partition coefficient (Wildman–Crippen LogP) is 4.97. The standard InChI is InChI=1S/C17H11ClN2O2/c18-16-10-9-15(20(21)22)11-13(16)6-8-14-7-5-12-3-1-2-4-17(12)19-14/h1-11H/b8-6-. The van der Waals surface area contributed by atoms with Crippen LogP contribution in [0.1, 0.15) is 11.3 Å². The molecule has 0 N–H and O–H groups in total. The highest BCUT2D eigenvalue weighted by Gasteiger charge is 2.07. The Hall–Kier alpha value is -2.72. The molecule has 0 fully saturated rings. The van der Waals surface area contributed by atoms with Crippen LogP contribution in [0.4, 0.5) is 5.69 Å². The summed E-state index contributed by atoms with van der Waals surface area (Å²) in [6.07, 6.45) is 3.52. The zero-order valence-corrected chi connectivity index (χ0v) is 12.2. The van der Waals surface area contributed by atoms with E-state index in [1.807, 2.05) is 36.4 Å². The zero-order chi connectivity index (χ0) is 15.5. The maximum Gasteiger partial charge on any atom is 0.270 e. The minimum absolute atomic E-state index is 0.00974. The second-order valence-electron chi connectivity index (χ2n) is 4.73. The molecule has 0 atom stereocenters. The number of aromatic nitrogens is 1. The third-order valence-corrected chi connectivity index (χ3v) is 3.59. The molecule has 1 aromatic heterocycles. The van der Waals surface area contributed by atoms with E-state index < -0.39 is 4.92 Å². The topological polar surface area (TPSA) is 56.0 Å². The molecular formula is C17H11ClN2O2. The van der Waals surface area contributed by atoms with Gasteiger partial charge in [-0.05, 0) is 29.8 Å². The fraction of sp³-hybridized carbons (Fsp3) is 0. The molecule has 3 rings (SSSR count). The number of para-hydroxylation sites is 1. The number of fused-ring (bicyclic) bond motifs is 1. The second-order valence-corrected chi connectivity index (χ2v) is 5.13. The first-order chi connectivity index (χ1) is 10.6. The van der Waals surface area contributed by atoms with Gasteiger partial charge in [-0.3, -0.25) is 10.1 Å². The summed E-state index contributed by atoms with van der Waals surface area (Å²) in [5.41, 5.74) is 2.26. The third kappa shape index (κ3) is 2.97.